The first-order chi connectivity index (χ1) is 10.1. The van der Waals surface area contributed by atoms with E-state index >= 15 is 0 Å². The van der Waals surface area contributed by atoms with Crippen molar-refractivity contribution in [3.8, 4) is 0 Å². The maximum absolute atomic E-state index is 11.9. The van der Waals surface area contributed by atoms with E-state index in [4.69, 9.17) is 9.47 Å². The van der Waals surface area contributed by atoms with Gasteiger partial charge in [0.05, 0.1) is 24.3 Å². The number of hydrogen-bond donors (Lipinski definition) is 0. The normalized spacial score (nSPS) is 10.2. The lowest BCUT2D eigenvalue weighted by atomic mass is 10.1. The number of carbonyl (C=O) groups excluding carboxylic acids is 2. The van der Waals surface area contributed by atoms with Crippen LogP contribution in [0.2, 0.25) is 0 Å². The summed E-state index contributed by atoms with van der Waals surface area (Å²) in [5.41, 5.74) is 0.942. The topological polar surface area (TPSA) is 52.6 Å². The zero-order valence-electron chi connectivity index (χ0n) is 12.5. The van der Waals surface area contributed by atoms with E-state index in [9.17, 15) is 9.59 Å². The van der Waals surface area contributed by atoms with Gasteiger partial charge in [-0.25, -0.2) is 9.59 Å². The van der Waals surface area contributed by atoms with Crippen LogP contribution in [-0.4, -0.2) is 25.2 Å². The first-order valence-corrected chi connectivity index (χ1v) is 8.31. The molecule has 1 rings (SSSR count). The standard InChI is InChI=1S/C16H21IO4/c1-3-5-9-20-15(18)12-7-8-13(14(17)11-12)16(19)21-10-6-4-2/h7-8,11H,3-6,9-10H2,1-2H3. The Morgan fingerprint density at radius 3 is 2.10 bits per heavy atom. The van der Waals surface area contributed by atoms with Crippen molar-refractivity contribution in [3.05, 3.63) is 32.9 Å². The van der Waals surface area contributed by atoms with Crippen LogP contribution in [0.1, 0.15) is 60.2 Å². The Bertz CT molecular complexity index is 485. The van der Waals surface area contributed by atoms with Crippen LogP contribution in [0.4, 0.5) is 0 Å². The molecular formula is C16H21IO4. The van der Waals surface area contributed by atoms with Gasteiger partial charge in [0.25, 0.3) is 0 Å². The van der Waals surface area contributed by atoms with Crippen LogP contribution < -0.4 is 0 Å². The molecule has 0 aromatic heterocycles. The molecule has 116 valence electrons. The second kappa shape index (κ2) is 9.76. The Balaban J connectivity index is 2.66. The highest BCUT2D eigenvalue weighted by Crippen LogP contribution is 2.17. The molecule has 5 heteroatoms. The van der Waals surface area contributed by atoms with Crippen LogP contribution >= 0.6 is 22.6 Å². The van der Waals surface area contributed by atoms with Gasteiger partial charge >= 0.3 is 11.9 Å². The third-order valence-corrected chi connectivity index (χ3v) is 3.78. The fourth-order valence-electron chi connectivity index (χ4n) is 1.59. The molecule has 1 aromatic rings. The van der Waals surface area contributed by atoms with Gasteiger partial charge in [-0.15, -0.1) is 0 Å². The number of benzene rings is 1. The van der Waals surface area contributed by atoms with Gasteiger partial charge in [-0.2, -0.15) is 0 Å². The summed E-state index contributed by atoms with van der Waals surface area (Å²) >= 11 is 2.03. The molecule has 0 bridgehead atoms. The van der Waals surface area contributed by atoms with E-state index < -0.39 is 0 Å². The summed E-state index contributed by atoms with van der Waals surface area (Å²) < 4.78 is 11.0. The largest absolute Gasteiger partial charge is 0.462 e. The molecule has 0 unspecified atom stereocenters. The summed E-state index contributed by atoms with van der Waals surface area (Å²) in [5, 5.41) is 0. The van der Waals surface area contributed by atoms with Gasteiger partial charge in [0.1, 0.15) is 0 Å². The third kappa shape index (κ3) is 6.03. The van der Waals surface area contributed by atoms with Crippen LogP contribution in [0.15, 0.2) is 18.2 Å². The molecule has 0 aliphatic heterocycles. The molecule has 1 aromatic carbocycles. The summed E-state index contributed by atoms with van der Waals surface area (Å²) in [5.74, 6) is -0.703. The molecule has 0 aliphatic rings. The lowest BCUT2D eigenvalue weighted by Crippen LogP contribution is -2.11. The zero-order chi connectivity index (χ0) is 15.7. The maximum Gasteiger partial charge on any atom is 0.339 e. The summed E-state index contributed by atoms with van der Waals surface area (Å²) in [6.07, 6.45) is 3.66. The molecule has 21 heavy (non-hydrogen) atoms. The van der Waals surface area contributed by atoms with Crippen molar-refractivity contribution in [2.24, 2.45) is 0 Å². The number of ether oxygens (including phenoxy) is 2. The monoisotopic (exact) mass is 404 g/mol. The number of halogens is 1. The average Bonchev–Trinajstić information content (AvgIpc) is 2.47. The highest BCUT2D eigenvalue weighted by molar-refractivity contribution is 14.1. The first-order valence-electron chi connectivity index (χ1n) is 7.24. The fraction of sp³-hybridized carbons (Fsp3) is 0.500. The molecule has 0 N–H and O–H groups in total. The Hall–Kier alpha value is -1.11. The number of rotatable bonds is 8. The minimum atomic E-state index is -0.354. The molecule has 0 heterocycles. The second-order valence-electron chi connectivity index (χ2n) is 4.67. The Kier molecular flexibility index (Phi) is 8.34. The molecule has 0 spiro atoms. The number of hydrogen-bond acceptors (Lipinski definition) is 4. The van der Waals surface area contributed by atoms with Crippen molar-refractivity contribution >= 4 is 34.5 Å². The van der Waals surface area contributed by atoms with E-state index in [0.29, 0.717) is 27.9 Å². The molecule has 0 fully saturated rings. The molecule has 0 saturated carbocycles. The Morgan fingerprint density at radius 1 is 1.00 bits per heavy atom. The van der Waals surface area contributed by atoms with Crippen molar-refractivity contribution in [1.29, 1.82) is 0 Å². The summed E-state index contributed by atoms with van der Waals surface area (Å²) in [7, 11) is 0. The maximum atomic E-state index is 11.9. The van der Waals surface area contributed by atoms with E-state index in [-0.39, 0.29) is 11.9 Å². The van der Waals surface area contributed by atoms with Crippen molar-refractivity contribution in [2.45, 2.75) is 39.5 Å². The summed E-state index contributed by atoms with van der Waals surface area (Å²) in [6.45, 7) is 4.92. The van der Waals surface area contributed by atoms with Crippen molar-refractivity contribution in [2.75, 3.05) is 13.2 Å². The molecule has 0 atom stereocenters. The van der Waals surface area contributed by atoms with E-state index in [1.165, 1.54) is 0 Å². The second-order valence-corrected chi connectivity index (χ2v) is 5.84. The molecule has 0 amide bonds. The van der Waals surface area contributed by atoms with E-state index in [0.717, 1.165) is 25.7 Å². The van der Waals surface area contributed by atoms with Crippen molar-refractivity contribution < 1.29 is 19.1 Å². The average molecular weight is 404 g/mol. The smallest absolute Gasteiger partial charge is 0.339 e. The van der Waals surface area contributed by atoms with Gasteiger partial charge in [0.2, 0.25) is 0 Å². The predicted octanol–water partition coefficient (Wildman–Crippen LogP) is 4.21. The molecule has 4 nitrogen and oxygen atoms in total. The van der Waals surface area contributed by atoms with Gasteiger partial charge in [-0.1, -0.05) is 26.7 Å². The van der Waals surface area contributed by atoms with E-state index in [1.54, 1.807) is 18.2 Å². The minimum absolute atomic E-state index is 0.348. The lowest BCUT2D eigenvalue weighted by molar-refractivity contribution is 0.0484. The molecule has 0 saturated heterocycles. The number of unbranched alkanes of at least 4 members (excludes halogenated alkanes) is 2. The number of carbonyl (C=O) groups is 2. The highest BCUT2D eigenvalue weighted by atomic mass is 127. The van der Waals surface area contributed by atoms with Crippen molar-refractivity contribution in [1.82, 2.24) is 0 Å². The van der Waals surface area contributed by atoms with Crippen LogP contribution in [0.5, 0.6) is 0 Å². The molecular weight excluding hydrogens is 383 g/mol. The van der Waals surface area contributed by atoms with Gasteiger partial charge < -0.3 is 9.47 Å². The van der Waals surface area contributed by atoms with Gasteiger partial charge in [0.15, 0.2) is 0 Å². The van der Waals surface area contributed by atoms with Crippen LogP contribution in [0, 0.1) is 3.57 Å². The zero-order valence-corrected chi connectivity index (χ0v) is 14.6. The first kappa shape index (κ1) is 17.9. The SMILES string of the molecule is CCCCOC(=O)c1ccc(C(=O)OCCCC)c(I)c1. The molecule has 0 radical (unpaired) electrons. The quantitative estimate of drug-likeness (QED) is 0.370. The Labute approximate surface area is 139 Å². The number of esters is 2. The van der Waals surface area contributed by atoms with E-state index in [1.807, 2.05) is 36.4 Å². The summed E-state index contributed by atoms with van der Waals surface area (Å²) in [4.78, 5) is 23.7. The van der Waals surface area contributed by atoms with Crippen LogP contribution in [0.25, 0.3) is 0 Å². The van der Waals surface area contributed by atoms with Crippen LogP contribution in [0.3, 0.4) is 0 Å². The van der Waals surface area contributed by atoms with Gasteiger partial charge in [-0.3, -0.25) is 0 Å². The van der Waals surface area contributed by atoms with Gasteiger partial charge in [0, 0.05) is 3.57 Å². The summed E-state index contributed by atoms with van der Waals surface area (Å²) in [6, 6.07) is 4.88. The lowest BCUT2D eigenvalue weighted by Gasteiger charge is -2.08. The Morgan fingerprint density at radius 2 is 1.57 bits per heavy atom. The molecule has 0 aliphatic carbocycles. The van der Waals surface area contributed by atoms with Gasteiger partial charge in [-0.05, 0) is 53.6 Å². The minimum Gasteiger partial charge on any atom is -0.462 e. The van der Waals surface area contributed by atoms with Crippen LogP contribution in [-0.2, 0) is 9.47 Å². The van der Waals surface area contributed by atoms with Crippen molar-refractivity contribution in [3.63, 3.8) is 0 Å². The predicted molar refractivity (Wildman–Crippen MR) is 89.5 cm³/mol. The third-order valence-electron chi connectivity index (χ3n) is 2.89. The fourth-order valence-corrected chi connectivity index (χ4v) is 2.32. The van der Waals surface area contributed by atoms with E-state index in [2.05, 4.69) is 0 Å². The highest BCUT2D eigenvalue weighted by Gasteiger charge is 2.15.